The number of hydrogen-bond acceptors (Lipinski definition) is 4. The van der Waals surface area contributed by atoms with Gasteiger partial charge in [0.25, 0.3) is 0 Å². The zero-order chi connectivity index (χ0) is 23.6. The number of anilines is 2. The molecule has 0 N–H and O–H groups in total. The number of para-hydroxylation sites is 2. The third-order valence-corrected chi connectivity index (χ3v) is 7.16. The van der Waals surface area contributed by atoms with E-state index in [2.05, 4.69) is 0 Å². The molecule has 3 aliphatic heterocycles. The number of hydrogen-bond donors (Lipinski definition) is 0. The minimum Gasteiger partial charge on any atom is -0.352 e. The molecule has 0 spiro atoms. The van der Waals surface area contributed by atoms with Crippen molar-refractivity contribution in [2.24, 2.45) is 11.8 Å². The van der Waals surface area contributed by atoms with E-state index >= 15 is 0 Å². The van der Waals surface area contributed by atoms with Gasteiger partial charge in [0.05, 0.1) is 23.6 Å². The summed E-state index contributed by atoms with van der Waals surface area (Å²) in [6.07, 6.45) is 3.78. The van der Waals surface area contributed by atoms with Crippen LogP contribution in [-0.4, -0.2) is 29.7 Å². The van der Waals surface area contributed by atoms with Crippen LogP contribution in [0.1, 0.15) is 15.9 Å². The standard InChI is InChI=1S/C27H18ClFN2O3/c28-17-12-9-16(10-13-17)25(32)24-23-22(21-14-11-15-5-1-3-7-19(15)30(21)24)26(33)31(27(23)34)20-8-4-2-6-18(20)29/h1-14,21-24H/t21-,22-,23-,24+/m1/s1. The Labute approximate surface area is 200 Å². The summed E-state index contributed by atoms with van der Waals surface area (Å²) in [5.41, 5.74) is 2.00. The van der Waals surface area contributed by atoms with Gasteiger partial charge in [-0.3, -0.25) is 14.4 Å². The molecule has 7 heteroatoms. The normalized spacial score (nSPS) is 24.8. The first kappa shape index (κ1) is 20.8. The molecule has 2 amide bonds. The number of imide groups is 1. The first-order valence-electron chi connectivity index (χ1n) is 10.9. The van der Waals surface area contributed by atoms with Crippen molar-refractivity contribution in [3.05, 3.63) is 101 Å². The van der Waals surface area contributed by atoms with E-state index in [0.717, 1.165) is 16.2 Å². The first-order valence-corrected chi connectivity index (χ1v) is 11.3. The molecular weight excluding hydrogens is 455 g/mol. The number of carbonyl (C=O) groups excluding carboxylic acids is 3. The molecule has 0 bridgehead atoms. The lowest BCUT2D eigenvalue weighted by Gasteiger charge is -2.36. The lowest BCUT2D eigenvalue weighted by Crippen LogP contribution is -2.49. The van der Waals surface area contributed by atoms with Crippen LogP contribution in [0, 0.1) is 17.7 Å². The minimum absolute atomic E-state index is 0.0867. The summed E-state index contributed by atoms with van der Waals surface area (Å²) in [6.45, 7) is 0. The van der Waals surface area contributed by atoms with Gasteiger partial charge >= 0.3 is 0 Å². The maximum Gasteiger partial charge on any atom is 0.240 e. The maximum atomic E-state index is 14.6. The Morgan fingerprint density at radius 3 is 2.21 bits per heavy atom. The van der Waals surface area contributed by atoms with Crippen molar-refractivity contribution in [1.29, 1.82) is 0 Å². The zero-order valence-corrected chi connectivity index (χ0v) is 18.5. The molecule has 168 valence electrons. The lowest BCUT2D eigenvalue weighted by molar-refractivity contribution is -0.122. The predicted octanol–water partition coefficient (Wildman–Crippen LogP) is 4.75. The van der Waals surface area contributed by atoms with E-state index in [1.807, 2.05) is 41.3 Å². The SMILES string of the molecule is O=C(c1ccc(Cl)cc1)[C@@H]1[C@@H]2C(=O)N(c3ccccc3F)C(=O)[C@@H]2[C@H]2C=Cc3ccccc3N21. The van der Waals surface area contributed by atoms with Crippen LogP contribution in [0.5, 0.6) is 0 Å². The summed E-state index contributed by atoms with van der Waals surface area (Å²) in [5.74, 6) is -3.76. The number of benzene rings is 3. The Hall–Kier alpha value is -3.77. The Bertz CT molecular complexity index is 1390. The van der Waals surface area contributed by atoms with Crippen LogP contribution in [0.3, 0.4) is 0 Å². The predicted molar refractivity (Wildman–Crippen MR) is 127 cm³/mol. The topological polar surface area (TPSA) is 57.7 Å². The highest BCUT2D eigenvalue weighted by Crippen LogP contribution is 2.50. The van der Waals surface area contributed by atoms with Gasteiger partial charge in [0, 0.05) is 16.3 Å². The Morgan fingerprint density at radius 2 is 1.47 bits per heavy atom. The van der Waals surface area contributed by atoms with Crippen LogP contribution >= 0.6 is 11.6 Å². The molecular formula is C27H18ClFN2O3. The minimum atomic E-state index is -0.948. The molecule has 0 unspecified atom stereocenters. The summed E-state index contributed by atoms with van der Waals surface area (Å²) in [4.78, 5) is 44.0. The molecule has 0 aromatic heterocycles. The Morgan fingerprint density at radius 1 is 0.824 bits per heavy atom. The number of nitrogens with zero attached hydrogens (tertiary/aromatic N) is 2. The van der Waals surface area contributed by atoms with Crippen molar-refractivity contribution in [3.63, 3.8) is 0 Å². The zero-order valence-electron chi connectivity index (χ0n) is 17.8. The average molecular weight is 473 g/mol. The fourth-order valence-electron chi connectivity index (χ4n) is 5.47. The van der Waals surface area contributed by atoms with E-state index in [1.54, 1.807) is 30.3 Å². The molecule has 0 radical (unpaired) electrons. The molecule has 3 aromatic carbocycles. The molecule has 6 rings (SSSR count). The third kappa shape index (κ3) is 2.88. The van der Waals surface area contributed by atoms with Crippen LogP contribution in [0.15, 0.2) is 78.9 Å². The van der Waals surface area contributed by atoms with E-state index in [-0.39, 0.29) is 11.5 Å². The van der Waals surface area contributed by atoms with Crippen molar-refractivity contribution in [3.8, 4) is 0 Å². The second-order valence-electron chi connectivity index (χ2n) is 8.65. The van der Waals surface area contributed by atoms with Gasteiger partial charge in [0.2, 0.25) is 11.8 Å². The van der Waals surface area contributed by atoms with Gasteiger partial charge in [-0.15, -0.1) is 0 Å². The van der Waals surface area contributed by atoms with Gasteiger partial charge in [-0.25, -0.2) is 9.29 Å². The fourth-order valence-corrected chi connectivity index (χ4v) is 5.59. The van der Waals surface area contributed by atoms with E-state index in [9.17, 15) is 18.8 Å². The molecule has 0 saturated carbocycles. The van der Waals surface area contributed by atoms with Crippen LogP contribution in [-0.2, 0) is 9.59 Å². The summed E-state index contributed by atoms with van der Waals surface area (Å²) in [5, 5.41) is 0.489. The van der Waals surface area contributed by atoms with E-state index in [4.69, 9.17) is 11.6 Å². The molecule has 4 atom stereocenters. The van der Waals surface area contributed by atoms with Crippen LogP contribution in [0.25, 0.3) is 6.08 Å². The molecule has 2 fully saturated rings. The number of halogens is 2. The quantitative estimate of drug-likeness (QED) is 0.407. The van der Waals surface area contributed by atoms with E-state index < -0.39 is 41.6 Å². The van der Waals surface area contributed by atoms with Crippen LogP contribution in [0.4, 0.5) is 15.8 Å². The summed E-state index contributed by atoms with van der Waals surface area (Å²) < 4.78 is 14.6. The number of carbonyl (C=O) groups is 3. The van der Waals surface area contributed by atoms with Crippen molar-refractivity contribution in [2.75, 3.05) is 9.80 Å². The molecule has 2 saturated heterocycles. The lowest BCUT2D eigenvalue weighted by atomic mass is 9.86. The summed E-state index contributed by atoms with van der Waals surface area (Å²) >= 11 is 6.02. The maximum absolute atomic E-state index is 14.6. The molecule has 3 aliphatic rings. The average Bonchev–Trinajstić information content (AvgIpc) is 3.32. The second kappa shape index (κ2) is 7.64. The van der Waals surface area contributed by atoms with Gasteiger partial charge < -0.3 is 4.90 Å². The van der Waals surface area contributed by atoms with Gasteiger partial charge in [0.15, 0.2) is 5.78 Å². The molecule has 5 nitrogen and oxygen atoms in total. The van der Waals surface area contributed by atoms with E-state index in [1.165, 1.54) is 18.2 Å². The van der Waals surface area contributed by atoms with Crippen LogP contribution < -0.4 is 9.80 Å². The Balaban J connectivity index is 1.51. The second-order valence-corrected chi connectivity index (χ2v) is 9.08. The van der Waals surface area contributed by atoms with Gasteiger partial charge in [0.1, 0.15) is 11.9 Å². The monoisotopic (exact) mass is 472 g/mol. The fraction of sp³-hybridized carbons (Fsp3) is 0.148. The van der Waals surface area contributed by atoms with Crippen molar-refractivity contribution >= 4 is 46.6 Å². The molecule has 34 heavy (non-hydrogen) atoms. The number of Topliss-reactive ketones (excluding diaryl/α,β-unsaturated/α-hetero) is 1. The highest BCUT2D eigenvalue weighted by atomic mass is 35.5. The number of amides is 2. The van der Waals surface area contributed by atoms with E-state index in [0.29, 0.717) is 10.6 Å². The van der Waals surface area contributed by atoms with Gasteiger partial charge in [-0.1, -0.05) is 54.1 Å². The highest BCUT2D eigenvalue weighted by molar-refractivity contribution is 6.30. The Kier molecular flexibility index (Phi) is 4.67. The molecule has 3 aromatic rings. The van der Waals surface area contributed by atoms with Gasteiger partial charge in [-0.2, -0.15) is 0 Å². The van der Waals surface area contributed by atoms with Crippen molar-refractivity contribution in [1.82, 2.24) is 0 Å². The molecule has 0 aliphatic carbocycles. The summed E-state index contributed by atoms with van der Waals surface area (Å²) in [7, 11) is 0. The van der Waals surface area contributed by atoms with Crippen molar-refractivity contribution in [2.45, 2.75) is 12.1 Å². The largest absolute Gasteiger partial charge is 0.352 e. The highest BCUT2D eigenvalue weighted by Gasteiger charge is 2.64. The first-order chi connectivity index (χ1) is 16.5. The number of fused-ring (bicyclic) bond motifs is 5. The number of ketones is 1. The smallest absolute Gasteiger partial charge is 0.240 e. The number of rotatable bonds is 3. The van der Waals surface area contributed by atoms with Gasteiger partial charge in [-0.05, 0) is 48.0 Å². The molecule has 3 heterocycles. The summed E-state index contributed by atoms with van der Waals surface area (Å²) in [6, 6.07) is 18.3. The van der Waals surface area contributed by atoms with Crippen molar-refractivity contribution < 1.29 is 18.8 Å². The third-order valence-electron chi connectivity index (χ3n) is 6.91. The van der Waals surface area contributed by atoms with Crippen LogP contribution in [0.2, 0.25) is 5.02 Å².